The maximum Gasteiger partial charge on any atom is 0.334 e. The number of carbonyl (C=O) groups is 2. The number of aliphatic carboxylic acids is 1. The van der Waals surface area contributed by atoms with E-state index >= 15 is 0 Å². The minimum atomic E-state index is -1.06. The van der Waals surface area contributed by atoms with Crippen molar-refractivity contribution in [3.63, 3.8) is 0 Å². The van der Waals surface area contributed by atoms with E-state index in [1.165, 1.54) is 4.90 Å². The molecule has 1 fully saturated rings. The van der Waals surface area contributed by atoms with Crippen molar-refractivity contribution in [2.24, 2.45) is 5.92 Å². The highest BCUT2D eigenvalue weighted by Crippen LogP contribution is 2.10. The van der Waals surface area contributed by atoms with Gasteiger partial charge in [-0.3, -0.25) is 10.00 Å². The first-order chi connectivity index (χ1) is 10.5. The Balaban J connectivity index is 1.87. The number of amides is 2. The summed E-state index contributed by atoms with van der Waals surface area (Å²) in [6, 6.07) is 1.37. The monoisotopic (exact) mass is 310 g/mol. The van der Waals surface area contributed by atoms with E-state index in [2.05, 4.69) is 24.3 Å². The fraction of sp³-hybridized carbons (Fsp3) is 0.643. The third-order valence-corrected chi connectivity index (χ3v) is 3.44. The maximum absolute atomic E-state index is 12.1. The Kier molecular flexibility index (Phi) is 5.37. The molecule has 1 aromatic rings. The van der Waals surface area contributed by atoms with Crippen LogP contribution in [0.25, 0.3) is 0 Å². The van der Waals surface area contributed by atoms with E-state index in [4.69, 9.17) is 9.84 Å². The SMILES string of the molecule is CC(C)CCn1ccc(NC(=O)N2CCOC(C(=O)O)C2)n1. The summed E-state index contributed by atoms with van der Waals surface area (Å²) in [6.45, 7) is 5.70. The van der Waals surface area contributed by atoms with Crippen LogP contribution < -0.4 is 5.32 Å². The van der Waals surface area contributed by atoms with Crippen LogP contribution in [0.1, 0.15) is 20.3 Å². The summed E-state index contributed by atoms with van der Waals surface area (Å²) < 4.78 is 6.87. The number of morpholine rings is 1. The number of nitrogens with one attached hydrogen (secondary N) is 1. The molecule has 1 aromatic heterocycles. The van der Waals surface area contributed by atoms with Gasteiger partial charge >= 0.3 is 12.0 Å². The highest BCUT2D eigenvalue weighted by atomic mass is 16.5. The van der Waals surface area contributed by atoms with Crippen molar-refractivity contribution in [3.8, 4) is 0 Å². The molecule has 2 N–H and O–H groups in total. The number of hydrogen-bond donors (Lipinski definition) is 2. The van der Waals surface area contributed by atoms with E-state index in [-0.39, 0.29) is 19.2 Å². The minimum Gasteiger partial charge on any atom is -0.479 e. The average molecular weight is 310 g/mol. The molecular formula is C14H22N4O4. The lowest BCUT2D eigenvalue weighted by Crippen LogP contribution is -2.49. The first-order valence-electron chi connectivity index (χ1n) is 7.39. The number of carboxylic acids is 1. The summed E-state index contributed by atoms with van der Waals surface area (Å²) >= 11 is 0. The van der Waals surface area contributed by atoms with Crippen molar-refractivity contribution in [2.75, 3.05) is 25.0 Å². The van der Waals surface area contributed by atoms with Crippen LogP contribution in [-0.4, -0.2) is 57.6 Å². The molecule has 0 aliphatic carbocycles. The zero-order valence-corrected chi connectivity index (χ0v) is 12.9. The second kappa shape index (κ2) is 7.26. The van der Waals surface area contributed by atoms with Crippen molar-refractivity contribution >= 4 is 17.8 Å². The Morgan fingerprint density at radius 2 is 2.32 bits per heavy atom. The number of carboxylic acid groups (broad SMARTS) is 1. The second-order valence-corrected chi connectivity index (χ2v) is 5.72. The van der Waals surface area contributed by atoms with Gasteiger partial charge in [0.2, 0.25) is 0 Å². The number of ether oxygens (including phenoxy) is 1. The first-order valence-corrected chi connectivity index (χ1v) is 7.39. The van der Waals surface area contributed by atoms with Gasteiger partial charge in [-0.05, 0) is 12.3 Å². The Labute approximate surface area is 129 Å². The van der Waals surface area contributed by atoms with Gasteiger partial charge in [-0.15, -0.1) is 0 Å². The number of hydrogen-bond acceptors (Lipinski definition) is 4. The van der Waals surface area contributed by atoms with Crippen molar-refractivity contribution in [3.05, 3.63) is 12.3 Å². The van der Waals surface area contributed by atoms with Crippen LogP contribution in [0.2, 0.25) is 0 Å². The van der Waals surface area contributed by atoms with Gasteiger partial charge in [-0.1, -0.05) is 13.8 Å². The summed E-state index contributed by atoms with van der Waals surface area (Å²) in [6.07, 6.45) is 1.86. The van der Waals surface area contributed by atoms with Crippen molar-refractivity contribution in [2.45, 2.75) is 32.9 Å². The van der Waals surface area contributed by atoms with E-state index in [9.17, 15) is 9.59 Å². The largest absolute Gasteiger partial charge is 0.479 e. The highest BCUT2D eigenvalue weighted by Gasteiger charge is 2.29. The Morgan fingerprint density at radius 3 is 3.00 bits per heavy atom. The standard InChI is InChI=1S/C14H22N4O4/c1-10(2)3-5-18-6-4-12(16-18)15-14(21)17-7-8-22-11(9-17)13(19)20/h4,6,10-11H,3,5,7-9H2,1-2H3,(H,19,20)(H,15,16,21). The molecule has 22 heavy (non-hydrogen) atoms. The number of aryl methyl sites for hydroxylation is 1. The lowest BCUT2D eigenvalue weighted by Gasteiger charge is -2.30. The third-order valence-electron chi connectivity index (χ3n) is 3.44. The van der Waals surface area contributed by atoms with Crippen LogP contribution in [0, 0.1) is 5.92 Å². The first kappa shape index (κ1) is 16.3. The molecule has 1 aliphatic heterocycles. The summed E-state index contributed by atoms with van der Waals surface area (Å²) in [4.78, 5) is 24.5. The quantitative estimate of drug-likeness (QED) is 0.853. The van der Waals surface area contributed by atoms with Gasteiger partial charge < -0.3 is 14.7 Å². The molecule has 0 spiro atoms. The third kappa shape index (κ3) is 4.45. The lowest BCUT2D eigenvalue weighted by atomic mass is 10.1. The summed E-state index contributed by atoms with van der Waals surface area (Å²) in [7, 11) is 0. The Bertz CT molecular complexity index is 529. The lowest BCUT2D eigenvalue weighted by molar-refractivity contribution is -0.154. The summed E-state index contributed by atoms with van der Waals surface area (Å²) in [5.74, 6) is -0.00821. The van der Waals surface area contributed by atoms with Crippen LogP contribution in [-0.2, 0) is 16.1 Å². The van der Waals surface area contributed by atoms with Gasteiger partial charge in [-0.2, -0.15) is 5.10 Å². The molecule has 1 saturated heterocycles. The topological polar surface area (TPSA) is 96.7 Å². The van der Waals surface area contributed by atoms with Crippen molar-refractivity contribution in [1.29, 1.82) is 0 Å². The molecule has 0 saturated carbocycles. The van der Waals surface area contributed by atoms with E-state index < -0.39 is 12.1 Å². The van der Waals surface area contributed by atoms with E-state index in [0.717, 1.165) is 13.0 Å². The van der Waals surface area contributed by atoms with Crippen LogP contribution >= 0.6 is 0 Å². The normalized spacial score (nSPS) is 18.5. The second-order valence-electron chi connectivity index (χ2n) is 5.72. The number of aromatic nitrogens is 2. The molecule has 122 valence electrons. The molecule has 1 aliphatic rings. The number of nitrogens with zero attached hydrogens (tertiary/aromatic N) is 3. The van der Waals surface area contributed by atoms with Gasteiger partial charge in [0.1, 0.15) is 0 Å². The van der Waals surface area contributed by atoms with E-state index in [1.807, 2.05) is 6.20 Å². The average Bonchev–Trinajstić information content (AvgIpc) is 2.92. The Morgan fingerprint density at radius 1 is 1.55 bits per heavy atom. The van der Waals surface area contributed by atoms with Gasteiger partial charge in [-0.25, -0.2) is 9.59 Å². The van der Waals surface area contributed by atoms with E-state index in [0.29, 0.717) is 18.3 Å². The van der Waals surface area contributed by atoms with Crippen molar-refractivity contribution < 1.29 is 19.4 Å². The fourth-order valence-corrected chi connectivity index (χ4v) is 2.12. The molecule has 0 radical (unpaired) electrons. The smallest absolute Gasteiger partial charge is 0.334 e. The number of carbonyl (C=O) groups excluding carboxylic acids is 1. The molecule has 8 heteroatoms. The van der Waals surface area contributed by atoms with E-state index in [1.54, 1.807) is 10.7 Å². The molecule has 2 heterocycles. The maximum atomic E-state index is 12.1. The number of anilines is 1. The summed E-state index contributed by atoms with van der Waals surface area (Å²) in [5.41, 5.74) is 0. The summed E-state index contributed by atoms with van der Waals surface area (Å²) in [5, 5.41) is 15.9. The predicted molar refractivity (Wildman–Crippen MR) is 79.6 cm³/mol. The van der Waals surface area contributed by atoms with Crippen LogP contribution in [0.4, 0.5) is 10.6 Å². The molecule has 0 bridgehead atoms. The van der Waals surface area contributed by atoms with Gasteiger partial charge in [0.15, 0.2) is 11.9 Å². The zero-order chi connectivity index (χ0) is 16.1. The molecule has 2 amide bonds. The van der Waals surface area contributed by atoms with Crippen LogP contribution in [0.5, 0.6) is 0 Å². The van der Waals surface area contributed by atoms with Gasteiger partial charge in [0.05, 0.1) is 13.2 Å². The van der Waals surface area contributed by atoms with Gasteiger partial charge in [0.25, 0.3) is 0 Å². The van der Waals surface area contributed by atoms with Gasteiger partial charge in [0, 0.05) is 25.4 Å². The van der Waals surface area contributed by atoms with Crippen LogP contribution in [0.3, 0.4) is 0 Å². The number of rotatable bonds is 5. The highest BCUT2D eigenvalue weighted by molar-refractivity contribution is 5.88. The predicted octanol–water partition coefficient (Wildman–Crippen LogP) is 1.25. The molecule has 1 atom stereocenters. The fourth-order valence-electron chi connectivity index (χ4n) is 2.12. The van der Waals surface area contributed by atoms with Crippen LogP contribution in [0.15, 0.2) is 12.3 Å². The zero-order valence-electron chi connectivity index (χ0n) is 12.9. The molecule has 0 aromatic carbocycles. The molecule has 2 rings (SSSR count). The molecular weight excluding hydrogens is 288 g/mol. The molecule has 1 unspecified atom stereocenters. The Hall–Kier alpha value is -2.09. The number of urea groups is 1. The minimum absolute atomic E-state index is 0.0369. The molecule has 8 nitrogen and oxygen atoms in total. The van der Waals surface area contributed by atoms with Crippen molar-refractivity contribution in [1.82, 2.24) is 14.7 Å².